The second-order valence-electron chi connectivity index (χ2n) is 5.41. The zero-order chi connectivity index (χ0) is 16.4. The summed E-state index contributed by atoms with van der Waals surface area (Å²) in [5.74, 6) is 3.45. The Morgan fingerprint density at radius 1 is 1.12 bits per heavy atom. The molecule has 122 valence electrons. The van der Waals surface area contributed by atoms with E-state index in [4.69, 9.17) is 4.52 Å². The van der Waals surface area contributed by atoms with Crippen LogP contribution >= 0.6 is 11.8 Å². The van der Waals surface area contributed by atoms with E-state index >= 15 is 0 Å². The Morgan fingerprint density at radius 2 is 2.00 bits per heavy atom. The lowest BCUT2D eigenvalue weighted by molar-refractivity contribution is 0.432. The van der Waals surface area contributed by atoms with Crippen molar-refractivity contribution in [3.8, 4) is 22.8 Å². The Kier molecular flexibility index (Phi) is 4.17. The van der Waals surface area contributed by atoms with E-state index in [9.17, 15) is 4.39 Å². The van der Waals surface area contributed by atoms with Gasteiger partial charge in [0.1, 0.15) is 11.6 Å². The summed E-state index contributed by atoms with van der Waals surface area (Å²) in [4.78, 5) is 11.2. The molecule has 3 aromatic rings. The molecule has 0 spiro atoms. The second kappa shape index (κ2) is 6.60. The Morgan fingerprint density at radius 3 is 2.83 bits per heavy atom. The largest absolute Gasteiger partial charge is 0.354 e. The van der Waals surface area contributed by atoms with Crippen molar-refractivity contribution in [2.75, 3.05) is 29.5 Å². The van der Waals surface area contributed by atoms with E-state index < -0.39 is 0 Å². The highest BCUT2D eigenvalue weighted by Gasteiger charge is 2.20. The van der Waals surface area contributed by atoms with Crippen LogP contribution in [0.4, 0.5) is 10.2 Å². The van der Waals surface area contributed by atoms with E-state index in [0.29, 0.717) is 17.3 Å². The molecule has 0 N–H and O–H groups in total. The van der Waals surface area contributed by atoms with Crippen LogP contribution in [0.15, 0.2) is 47.1 Å². The third-order valence-electron chi connectivity index (χ3n) is 3.84. The molecule has 0 radical (unpaired) electrons. The molecule has 2 aromatic heterocycles. The van der Waals surface area contributed by atoms with Gasteiger partial charge in [-0.25, -0.2) is 9.37 Å². The van der Waals surface area contributed by atoms with E-state index in [-0.39, 0.29) is 5.82 Å². The molecule has 3 heterocycles. The summed E-state index contributed by atoms with van der Waals surface area (Å²) < 4.78 is 18.8. The first-order valence-electron chi connectivity index (χ1n) is 7.69. The summed E-state index contributed by atoms with van der Waals surface area (Å²) in [6.45, 7) is 1.89. The number of nitrogens with zero attached hydrogens (tertiary/aromatic N) is 4. The van der Waals surface area contributed by atoms with Crippen LogP contribution in [0.1, 0.15) is 0 Å². The van der Waals surface area contributed by atoms with Crippen LogP contribution in [0.2, 0.25) is 0 Å². The van der Waals surface area contributed by atoms with Crippen LogP contribution < -0.4 is 4.90 Å². The molecule has 0 aliphatic carbocycles. The molecule has 5 nitrogen and oxygen atoms in total. The van der Waals surface area contributed by atoms with Gasteiger partial charge in [0.15, 0.2) is 0 Å². The molecule has 1 aromatic carbocycles. The normalized spacial score (nSPS) is 14.8. The van der Waals surface area contributed by atoms with Crippen LogP contribution in [-0.4, -0.2) is 39.7 Å². The molecule has 1 fully saturated rings. The van der Waals surface area contributed by atoms with Crippen molar-refractivity contribution in [3.05, 3.63) is 48.4 Å². The van der Waals surface area contributed by atoms with E-state index in [2.05, 4.69) is 20.0 Å². The van der Waals surface area contributed by atoms with Crippen molar-refractivity contribution in [1.82, 2.24) is 15.1 Å². The number of hydrogen-bond donors (Lipinski definition) is 0. The molecule has 4 rings (SSSR count). The van der Waals surface area contributed by atoms with Gasteiger partial charge in [0.05, 0.1) is 5.56 Å². The van der Waals surface area contributed by atoms with Gasteiger partial charge in [-0.05, 0) is 24.3 Å². The van der Waals surface area contributed by atoms with Crippen LogP contribution in [0.3, 0.4) is 0 Å². The van der Waals surface area contributed by atoms with Crippen molar-refractivity contribution in [2.45, 2.75) is 0 Å². The van der Waals surface area contributed by atoms with Crippen LogP contribution in [0, 0.1) is 5.82 Å². The molecule has 7 heteroatoms. The summed E-state index contributed by atoms with van der Waals surface area (Å²) in [5.41, 5.74) is 1.39. The molecule has 0 unspecified atom stereocenters. The Balaban J connectivity index is 1.70. The van der Waals surface area contributed by atoms with E-state index in [0.717, 1.165) is 36.0 Å². The fraction of sp³-hybridized carbons (Fsp3) is 0.235. The van der Waals surface area contributed by atoms with Crippen LogP contribution in [0.5, 0.6) is 0 Å². The molecule has 1 aliphatic rings. The SMILES string of the molecule is Fc1cccc(-c2noc(-c3cccnc3N3CCSCC3)n2)c1. The lowest BCUT2D eigenvalue weighted by atomic mass is 10.2. The van der Waals surface area contributed by atoms with Gasteiger partial charge in [-0.1, -0.05) is 17.3 Å². The highest BCUT2D eigenvalue weighted by molar-refractivity contribution is 7.99. The standard InChI is InChI=1S/C17H15FN4OS/c18-13-4-1-3-12(11-13)15-20-17(23-21-15)14-5-2-6-19-16(14)22-7-9-24-10-8-22/h1-6,11H,7-10H2. The third kappa shape index (κ3) is 2.99. The highest BCUT2D eigenvalue weighted by atomic mass is 32.2. The number of thioether (sulfide) groups is 1. The predicted molar refractivity (Wildman–Crippen MR) is 92.5 cm³/mol. The average molecular weight is 342 g/mol. The smallest absolute Gasteiger partial charge is 0.261 e. The average Bonchev–Trinajstić information content (AvgIpc) is 3.12. The minimum atomic E-state index is -0.327. The number of aromatic nitrogens is 3. The molecule has 0 saturated carbocycles. The lowest BCUT2D eigenvalue weighted by Crippen LogP contribution is -2.33. The van der Waals surface area contributed by atoms with Gasteiger partial charge in [-0.2, -0.15) is 16.7 Å². The van der Waals surface area contributed by atoms with Gasteiger partial charge >= 0.3 is 0 Å². The maximum Gasteiger partial charge on any atom is 0.261 e. The topological polar surface area (TPSA) is 55.1 Å². The third-order valence-corrected chi connectivity index (χ3v) is 4.78. The summed E-state index contributed by atoms with van der Waals surface area (Å²) in [5, 5.41) is 3.99. The van der Waals surface area contributed by atoms with Gasteiger partial charge in [0, 0.05) is 36.4 Å². The van der Waals surface area contributed by atoms with Crippen LogP contribution in [0.25, 0.3) is 22.8 Å². The predicted octanol–water partition coefficient (Wildman–Crippen LogP) is 3.49. The number of benzene rings is 1. The molecule has 1 aliphatic heterocycles. The van der Waals surface area contributed by atoms with Gasteiger partial charge in [0.25, 0.3) is 5.89 Å². The monoisotopic (exact) mass is 342 g/mol. The quantitative estimate of drug-likeness (QED) is 0.726. The summed E-state index contributed by atoms with van der Waals surface area (Å²) >= 11 is 1.94. The van der Waals surface area contributed by atoms with Gasteiger partial charge in [-0.3, -0.25) is 0 Å². The molecule has 24 heavy (non-hydrogen) atoms. The van der Waals surface area contributed by atoms with Crippen LogP contribution in [-0.2, 0) is 0 Å². The minimum absolute atomic E-state index is 0.327. The molecule has 0 bridgehead atoms. The number of pyridine rings is 1. The van der Waals surface area contributed by atoms with Crippen molar-refractivity contribution < 1.29 is 8.91 Å². The molecular weight excluding hydrogens is 327 g/mol. The Bertz CT molecular complexity index is 848. The number of halogens is 1. The maximum absolute atomic E-state index is 13.4. The van der Waals surface area contributed by atoms with Crippen molar-refractivity contribution in [3.63, 3.8) is 0 Å². The molecular formula is C17H15FN4OS. The first kappa shape index (κ1) is 15.1. The first-order valence-corrected chi connectivity index (χ1v) is 8.84. The molecule has 0 atom stereocenters. The summed E-state index contributed by atoms with van der Waals surface area (Å²) in [7, 11) is 0. The fourth-order valence-electron chi connectivity index (χ4n) is 2.67. The van der Waals surface area contributed by atoms with Crippen molar-refractivity contribution >= 4 is 17.6 Å². The Hall–Kier alpha value is -2.41. The number of anilines is 1. The van der Waals surface area contributed by atoms with Gasteiger partial charge < -0.3 is 9.42 Å². The van der Waals surface area contributed by atoms with E-state index in [1.54, 1.807) is 18.3 Å². The van der Waals surface area contributed by atoms with Gasteiger partial charge in [0.2, 0.25) is 5.82 Å². The lowest BCUT2D eigenvalue weighted by Gasteiger charge is -2.28. The molecule has 0 amide bonds. The van der Waals surface area contributed by atoms with E-state index in [1.165, 1.54) is 12.1 Å². The summed E-state index contributed by atoms with van der Waals surface area (Å²) in [6, 6.07) is 9.93. The van der Waals surface area contributed by atoms with Gasteiger partial charge in [-0.15, -0.1) is 0 Å². The second-order valence-corrected chi connectivity index (χ2v) is 6.63. The highest BCUT2D eigenvalue weighted by Crippen LogP contribution is 2.30. The fourth-order valence-corrected chi connectivity index (χ4v) is 3.57. The maximum atomic E-state index is 13.4. The minimum Gasteiger partial charge on any atom is -0.354 e. The van der Waals surface area contributed by atoms with Crippen molar-refractivity contribution in [1.29, 1.82) is 0 Å². The van der Waals surface area contributed by atoms with Crippen molar-refractivity contribution in [2.24, 2.45) is 0 Å². The molecule has 1 saturated heterocycles. The van der Waals surface area contributed by atoms with E-state index in [1.807, 2.05) is 23.9 Å². The number of hydrogen-bond acceptors (Lipinski definition) is 6. The Labute approximate surface area is 142 Å². The first-order chi connectivity index (χ1) is 11.8. The summed E-state index contributed by atoms with van der Waals surface area (Å²) in [6.07, 6.45) is 1.77. The zero-order valence-corrected chi connectivity index (χ0v) is 13.7. The zero-order valence-electron chi connectivity index (χ0n) is 12.9. The number of rotatable bonds is 3.